The molecule has 0 nitrogen and oxygen atoms in total. The van der Waals surface area contributed by atoms with Crippen LogP contribution in [0.25, 0.3) is 0 Å². The molecule has 0 amide bonds. The molecule has 73 valence electrons. The zero-order valence-electron chi connectivity index (χ0n) is 8.23. The summed E-state index contributed by atoms with van der Waals surface area (Å²) in [5.74, 6) is 0. The van der Waals surface area contributed by atoms with Crippen LogP contribution in [0.5, 0.6) is 0 Å². The fraction of sp³-hybridized carbons (Fsp3) is 0.636. The Morgan fingerprint density at radius 3 is 1.58 bits per heavy atom. The van der Waals surface area contributed by atoms with E-state index in [2.05, 4.69) is 27.0 Å². The van der Waals surface area contributed by atoms with E-state index in [0.717, 1.165) is 14.7 Å². The van der Waals surface area contributed by atoms with Crippen molar-refractivity contribution in [3.05, 3.63) is 23.2 Å². The predicted octanol–water partition coefficient (Wildman–Crippen LogP) is 3.94. The van der Waals surface area contributed by atoms with Gasteiger partial charge in [0, 0.05) is 0 Å². The fourth-order valence-electron chi connectivity index (χ4n) is 1.39. The van der Waals surface area contributed by atoms with E-state index in [-0.39, 0.29) is 0 Å². The van der Waals surface area contributed by atoms with Gasteiger partial charge in [-0.3, -0.25) is 0 Å². The Labute approximate surface area is 83.1 Å². The molecule has 1 fully saturated rings. The van der Waals surface area contributed by atoms with E-state index in [1.54, 1.807) is 10.0 Å². The molecule has 0 bridgehead atoms. The van der Waals surface area contributed by atoms with Crippen molar-refractivity contribution in [2.24, 2.45) is 5.41 Å². The van der Waals surface area contributed by atoms with Crippen molar-refractivity contribution in [1.82, 2.24) is 0 Å². The number of rotatable bonds is 2. The molecule has 0 radical (unpaired) electrons. The third kappa shape index (κ3) is 6.68. The molecule has 0 aromatic carbocycles. The third-order valence-corrected chi connectivity index (χ3v) is 2.60. The second-order valence-electron chi connectivity index (χ2n) is 3.75. The zero-order chi connectivity index (χ0) is 9.45. The summed E-state index contributed by atoms with van der Waals surface area (Å²) in [6, 6.07) is 0. The van der Waals surface area contributed by atoms with Crippen LogP contribution in [0.2, 0.25) is 0 Å². The largest absolute Gasteiger partial charge is 0.0599 e. The van der Waals surface area contributed by atoms with E-state index in [1.165, 1.54) is 25.7 Å². The van der Waals surface area contributed by atoms with Gasteiger partial charge < -0.3 is 0 Å². The summed E-state index contributed by atoms with van der Waals surface area (Å²) in [7, 11) is 0. The average molecular weight is 211 g/mol. The molecule has 1 rings (SSSR count). The van der Waals surface area contributed by atoms with Crippen LogP contribution in [0, 0.1) is 5.41 Å². The van der Waals surface area contributed by atoms with Crippen LogP contribution in [-0.4, -0.2) is 0 Å². The molecule has 0 aliphatic heterocycles. The maximum atomic E-state index is 3.47. The summed E-state index contributed by atoms with van der Waals surface area (Å²) >= 11 is 1.13. The first-order valence-electron chi connectivity index (χ1n) is 4.41. The molecular weight excluding hydrogens is 191 g/mol. The first-order valence-corrected chi connectivity index (χ1v) is 5.61. The standard InChI is InChI=1S/C7H14.2C2H3.Co/c1-7(2)5-3-4-6-7;2*1-2;/h3-6H2,1-2H3;2*1H,2H2;. The van der Waals surface area contributed by atoms with Gasteiger partial charge in [-0.15, -0.1) is 0 Å². The van der Waals surface area contributed by atoms with Crippen molar-refractivity contribution in [3.63, 3.8) is 0 Å². The molecule has 1 aliphatic carbocycles. The fourth-order valence-corrected chi connectivity index (χ4v) is 1.56. The smallest absolute Gasteiger partial charge is 0.0354 e. The molecule has 0 N–H and O–H groups in total. The SMILES string of the molecule is C=[CH][Co][CH]=C.CC1(C)CCCC1. The zero-order valence-corrected chi connectivity index (χ0v) is 9.27. The molecule has 1 heteroatoms. The quantitative estimate of drug-likeness (QED) is 0.648. The molecule has 0 aromatic rings. The normalized spacial score (nSPS) is 19.5. The van der Waals surface area contributed by atoms with Gasteiger partial charge in [0.1, 0.15) is 0 Å². The molecule has 1 aliphatic rings. The maximum absolute atomic E-state index is 3.47. The molecule has 0 heterocycles. The van der Waals surface area contributed by atoms with Crippen LogP contribution >= 0.6 is 0 Å². The summed E-state index contributed by atoms with van der Waals surface area (Å²) in [4.78, 5) is 0. The van der Waals surface area contributed by atoms with E-state index in [9.17, 15) is 0 Å². The molecule has 0 unspecified atom stereocenters. The Balaban J connectivity index is 0.000000217. The van der Waals surface area contributed by atoms with Crippen LogP contribution in [-0.2, 0) is 14.7 Å². The summed E-state index contributed by atoms with van der Waals surface area (Å²) in [6.07, 6.45) is 5.83. The number of hydrogen-bond acceptors (Lipinski definition) is 0. The van der Waals surface area contributed by atoms with Crippen LogP contribution in [0.15, 0.2) is 23.2 Å². The van der Waals surface area contributed by atoms with E-state index in [4.69, 9.17) is 0 Å². The minimum absolute atomic E-state index is 0.694. The molecular formula is C11H20Co. The van der Waals surface area contributed by atoms with Crippen molar-refractivity contribution in [2.45, 2.75) is 39.5 Å². The third-order valence-electron chi connectivity index (χ3n) is 2.11. The van der Waals surface area contributed by atoms with Crippen molar-refractivity contribution in [1.29, 1.82) is 0 Å². The van der Waals surface area contributed by atoms with Crippen LogP contribution in [0.3, 0.4) is 0 Å². The van der Waals surface area contributed by atoms with Crippen molar-refractivity contribution >= 4 is 0 Å². The molecule has 1 saturated carbocycles. The molecule has 0 atom stereocenters. The van der Waals surface area contributed by atoms with E-state index >= 15 is 0 Å². The van der Waals surface area contributed by atoms with Gasteiger partial charge >= 0.3 is 37.9 Å². The summed E-state index contributed by atoms with van der Waals surface area (Å²) in [6.45, 7) is 11.7. The Morgan fingerprint density at radius 1 is 1.08 bits per heavy atom. The average Bonchev–Trinajstić information content (AvgIpc) is 2.37. The van der Waals surface area contributed by atoms with Crippen molar-refractivity contribution in [3.8, 4) is 0 Å². The van der Waals surface area contributed by atoms with E-state index in [0.29, 0.717) is 5.41 Å². The Bertz CT molecular complexity index is 122. The predicted molar refractivity (Wildman–Crippen MR) is 52.6 cm³/mol. The molecule has 12 heavy (non-hydrogen) atoms. The maximum Gasteiger partial charge on any atom is -0.0354 e. The second-order valence-corrected chi connectivity index (χ2v) is 4.95. The molecule has 0 aromatic heterocycles. The minimum Gasteiger partial charge on any atom is -0.0599 e. The van der Waals surface area contributed by atoms with Gasteiger partial charge in [-0.05, 0) is 18.3 Å². The second kappa shape index (κ2) is 6.50. The summed E-state index contributed by atoms with van der Waals surface area (Å²) in [5.41, 5.74) is 0.694. The number of hydrogen-bond donors (Lipinski definition) is 0. The first-order chi connectivity index (χ1) is 5.62. The van der Waals surface area contributed by atoms with E-state index < -0.39 is 0 Å². The van der Waals surface area contributed by atoms with Gasteiger partial charge in [0.2, 0.25) is 0 Å². The van der Waals surface area contributed by atoms with Crippen LogP contribution in [0.1, 0.15) is 39.5 Å². The van der Waals surface area contributed by atoms with Crippen LogP contribution in [0.4, 0.5) is 0 Å². The van der Waals surface area contributed by atoms with Gasteiger partial charge in [0.25, 0.3) is 0 Å². The molecule has 0 spiro atoms. The minimum atomic E-state index is 0.694. The summed E-state index contributed by atoms with van der Waals surface area (Å²) in [5, 5.41) is 3.56. The Morgan fingerprint density at radius 2 is 1.50 bits per heavy atom. The first kappa shape index (κ1) is 12.0. The molecule has 0 saturated heterocycles. The topological polar surface area (TPSA) is 0 Å². The Hall–Kier alpha value is -0.0135. The van der Waals surface area contributed by atoms with E-state index in [1.807, 2.05) is 0 Å². The van der Waals surface area contributed by atoms with Gasteiger partial charge in [0.05, 0.1) is 0 Å². The monoisotopic (exact) mass is 211 g/mol. The van der Waals surface area contributed by atoms with Crippen LogP contribution < -0.4 is 0 Å². The van der Waals surface area contributed by atoms with Gasteiger partial charge in [-0.2, -0.15) is 0 Å². The van der Waals surface area contributed by atoms with Gasteiger partial charge in [-0.25, -0.2) is 0 Å². The Kier molecular flexibility index (Phi) is 6.49. The summed E-state index contributed by atoms with van der Waals surface area (Å²) < 4.78 is 0. The van der Waals surface area contributed by atoms with Crippen molar-refractivity contribution in [2.75, 3.05) is 0 Å². The van der Waals surface area contributed by atoms with Gasteiger partial charge in [-0.1, -0.05) is 26.7 Å². The van der Waals surface area contributed by atoms with Gasteiger partial charge in [0.15, 0.2) is 0 Å². The van der Waals surface area contributed by atoms with Crippen molar-refractivity contribution < 1.29 is 14.7 Å².